The van der Waals surface area contributed by atoms with Crippen molar-refractivity contribution in [1.29, 1.82) is 0 Å². The number of ether oxygens (including phenoxy) is 1. The Balaban J connectivity index is 1.89. The van der Waals surface area contributed by atoms with Crippen molar-refractivity contribution in [2.75, 3.05) is 5.73 Å². The van der Waals surface area contributed by atoms with Gasteiger partial charge in [0.2, 0.25) is 0 Å². The van der Waals surface area contributed by atoms with Gasteiger partial charge < -0.3 is 10.5 Å². The number of nitrogen functional groups attached to an aromatic ring is 1. The van der Waals surface area contributed by atoms with Crippen molar-refractivity contribution in [3.05, 3.63) is 66.9 Å². The summed E-state index contributed by atoms with van der Waals surface area (Å²) in [5.74, 6) is 2.07. The first kappa shape index (κ1) is 12.2. The van der Waals surface area contributed by atoms with Gasteiger partial charge in [0.1, 0.15) is 5.75 Å². The monoisotopic (exact) mass is 263 g/mol. The molecule has 20 heavy (non-hydrogen) atoms. The van der Waals surface area contributed by atoms with E-state index in [2.05, 4.69) is 9.97 Å². The third-order valence-corrected chi connectivity index (χ3v) is 2.79. The van der Waals surface area contributed by atoms with Crippen LogP contribution in [0.4, 0.5) is 5.82 Å². The van der Waals surface area contributed by atoms with Gasteiger partial charge in [-0.15, -0.1) is 0 Å². The fourth-order valence-electron chi connectivity index (χ4n) is 1.80. The predicted octanol–water partition coefficient (Wildman–Crippen LogP) is 3.52. The number of nitrogens with two attached hydrogens (primary N) is 1. The molecule has 0 saturated heterocycles. The van der Waals surface area contributed by atoms with Crippen LogP contribution in [0.2, 0.25) is 0 Å². The van der Waals surface area contributed by atoms with E-state index in [4.69, 9.17) is 10.5 Å². The topological polar surface area (TPSA) is 61.0 Å². The van der Waals surface area contributed by atoms with Gasteiger partial charge in [0.15, 0.2) is 17.4 Å². The standard InChI is InChI=1S/C16H13N3O/c17-15-14(20-13-9-5-2-6-10-13)11-18-16(19-15)12-7-3-1-4-8-12/h1-11H,(H2,17,18,19). The van der Waals surface area contributed by atoms with Gasteiger partial charge in [0.25, 0.3) is 0 Å². The van der Waals surface area contributed by atoms with Gasteiger partial charge in [0, 0.05) is 5.56 Å². The predicted molar refractivity (Wildman–Crippen MR) is 78.4 cm³/mol. The second-order valence-electron chi connectivity index (χ2n) is 4.22. The molecule has 0 bridgehead atoms. The van der Waals surface area contributed by atoms with E-state index in [0.717, 1.165) is 5.56 Å². The zero-order valence-corrected chi connectivity index (χ0v) is 10.7. The molecule has 3 rings (SSSR count). The molecule has 3 aromatic rings. The van der Waals surface area contributed by atoms with E-state index in [1.165, 1.54) is 0 Å². The Morgan fingerprint density at radius 3 is 2.15 bits per heavy atom. The highest BCUT2D eigenvalue weighted by Crippen LogP contribution is 2.26. The van der Waals surface area contributed by atoms with Crippen LogP contribution >= 0.6 is 0 Å². The average molecular weight is 263 g/mol. The molecule has 0 fully saturated rings. The van der Waals surface area contributed by atoms with Crippen LogP contribution < -0.4 is 10.5 Å². The summed E-state index contributed by atoms with van der Waals surface area (Å²) in [5, 5.41) is 0. The van der Waals surface area contributed by atoms with E-state index in [-0.39, 0.29) is 0 Å². The van der Waals surface area contributed by atoms with Gasteiger partial charge in [0.05, 0.1) is 6.20 Å². The molecule has 0 spiro atoms. The maximum atomic E-state index is 5.93. The Morgan fingerprint density at radius 2 is 1.50 bits per heavy atom. The van der Waals surface area contributed by atoms with Crippen LogP contribution in [0.5, 0.6) is 11.5 Å². The summed E-state index contributed by atoms with van der Waals surface area (Å²) in [7, 11) is 0. The summed E-state index contributed by atoms with van der Waals surface area (Å²) < 4.78 is 5.65. The maximum absolute atomic E-state index is 5.93. The van der Waals surface area contributed by atoms with Crippen LogP contribution in [0.1, 0.15) is 0 Å². The number of benzene rings is 2. The van der Waals surface area contributed by atoms with Crippen molar-refractivity contribution in [1.82, 2.24) is 9.97 Å². The summed E-state index contributed by atoms with van der Waals surface area (Å²) in [5.41, 5.74) is 6.85. The molecule has 2 N–H and O–H groups in total. The zero-order valence-electron chi connectivity index (χ0n) is 10.7. The SMILES string of the molecule is Nc1nc(-c2ccccc2)ncc1Oc1ccccc1. The molecule has 0 radical (unpaired) electrons. The van der Waals surface area contributed by atoms with Crippen LogP contribution in [0, 0.1) is 0 Å². The zero-order chi connectivity index (χ0) is 13.8. The summed E-state index contributed by atoms with van der Waals surface area (Å²) >= 11 is 0. The van der Waals surface area contributed by atoms with Crippen LogP contribution in [0.3, 0.4) is 0 Å². The van der Waals surface area contributed by atoms with E-state index < -0.39 is 0 Å². The van der Waals surface area contributed by atoms with Crippen molar-refractivity contribution >= 4 is 5.82 Å². The van der Waals surface area contributed by atoms with Crippen molar-refractivity contribution in [2.45, 2.75) is 0 Å². The smallest absolute Gasteiger partial charge is 0.187 e. The van der Waals surface area contributed by atoms with Gasteiger partial charge in [-0.1, -0.05) is 48.5 Å². The van der Waals surface area contributed by atoms with Crippen LogP contribution in [0.15, 0.2) is 66.9 Å². The molecular weight excluding hydrogens is 250 g/mol. The summed E-state index contributed by atoms with van der Waals surface area (Å²) in [6, 6.07) is 19.1. The molecule has 1 aromatic heterocycles. The Hall–Kier alpha value is -2.88. The number of hydrogen-bond donors (Lipinski definition) is 1. The van der Waals surface area contributed by atoms with Crippen LogP contribution in [0.25, 0.3) is 11.4 Å². The quantitative estimate of drug-likeness (QED) is 0.785. The van der Waals surface area contributed by atoms with Crippen molar-refractivity contribution in [3.63, 3.8) is 0 Å². The van der Waals surface area contributed by atoms with E-state index in [9.17, 15) is 0 Å². The van der Waals surface area contributed by atoms with E-state index in [1.807, 2.05) is 60.7 Å². The van der Waals surface area contributed by atoms with Gasteiger partial charge in [-0.05, 0) is 12.1 Å². The van der Waals surface area contributed by atoms with Gasteiger partial charge >= 0.3 is 0 Å². The number of para-hydroxylation sites is 1. The molecule has 98 valence electrons. The number of nitrogens with zero attached hydrogens (tertiary/aromatic N) is 2. The fraction of sp³-hybridized carbons (Fsp3) is 0. The molecule has 0 aliphatic carbocycles. The molecule has 0 aliphatic heterocycles. The Morgan fingerprint density at radius 1 is 0.850 bits per heavy atom. The average Bonchev–Trinajstić information content (AvgIpc) is 2.51. The number of hydrogen-bond acceptors (Lipinski definition) is 4. The fourth-order valence-corrected chi connectivity index (χ4v) is 1.80. The first-order valence-corrected chi connectivity index (χ1v) is 6.24. The Labute approximate surface area is 116 Å². The molecule has 4 heteroatoms. The highest BCUT2D eigenvalue weighted by molar-refractivity contribution is 5.59. The second kappa shape index (κ2) is 5.40. The lowest BCUT2D eigenvalue weighted by Gasteiger charge is -2.08. The van der Waals surface area contributed by atoms with Crippen LogP contribution in [-0.2, 0) is 0 Å². The van der Waals surface area contributed by atoms with Gasteiger partial charge in [-0.3, -0.25) is 0 Å². The van der Waals surface area contributed by atoms with Crippen molar-refractivity contribution in [3.8, 4) is 22.9 Å². The molecule has 1 heterocycles. The molecule has 0 unspecified atom stereocenters. The molecule has 0 aliphatic rings. The normalized spacial score (nSPS) is 10.2. The lowest BCUT2D eigenvalue weighted by atomic mass is 10.2. The Bertz CT molecular complexity index is 699. The number of rotatable bonds is 3. The van der Waals surface area contributed by atoms with E-state index >= 15 is 0 Å². The summed E-state index contributed by atoms with van der Waals surface area (Å²) in [6.45, 7) is 0. The first-order chi connectivity index (χ1) is 9.83. The minimum Gasteiger partial charge on any atom is -0.452 e. The molecule has 4 nitrogen and oxygen atoms in total. The highest BCUT2D eigenvalue weighted by atomic mass is 16.5. The molecule has 0 saturated carbocycles. The van der Waals surface area contributed by atoms with E-state index in [0.29, 0.717) is 23.1 Å². The van der Waals surface area contributed by atoms with Gasteiger partial charge in [-0.25, -0.2) is 9.97 Å². The molecule has 2 aromatic carbocycles. The maximum Gasteiger partial charge on any atom is 0.187 e. The third kappa shape index (κ3) is 2.59. The number of aromatic nitrogens is 2. The van der Waals surface area contributed by atoms with Gasteiger partial charge in [-0.2, -0.15) is 0 Å². The van der Waals surface area contributed by atoms with Crippen LogP contribution in [-0.4, -0.2) is 9.97 Å². The third-order valence-electron chi connectivity index (χ3n) is 2.79. The molecular formula is C16H13N3O. The molecule has 0 atom stereocenters. The van der Waals surface area contributed by atoms with Crippen molar-refractivity contribution < 1.29 is 4.74 Å². The lowest BCUT2D eigenvalue weighted by molar-refractivity contribution is 0.480. The minimum absolute atomic E-state index is 0.322. The summed E-state index contributed by atoms with van der Waals surface area (Å²) in [6.07, 6.45) is 1.59. The largest absolute Gasteiger partial charge is 0.452 e. The Kier molecular flexibility index (Phi) is 3.29. The number of anilines is 1. The molecule has 0 amide bonds. The summed E-state index contributed by atoms with van der Waals surface area (Å²) in [4.78, 5) is 8.57. The first-order valence-electron chi connectivity index (χ1n) is 6.24. The van der Waals surface area contributed by atoms with Crippen molar-refractivity contribution in [2.24, 2.45) is 0 Å². The lowest BCUT2D eigenvalue weighted by Crippen LogP contribution is -1.99. The highest BCUT2D eigenvalue weighted by Gasteiger charge is 2.07. The second-order valence-corrected chi connectivity index (χ2v) is 4.22. The van der Waals surface area contributed by atoms with E-state index in [1.54, 1.807) is 6.20 Å². The minimum atomic E-state index is 0.322.